The summed E-state index contributed by atoms with van der Waals surface area (Å²) in [6.07, 6.45) is 3.41. The van der Waals surface area contributed by atoms with Gasteiger partial charge in [0, 0.05) is 54.9 Å². The van der Waals surface area contributed by atoms with E-state index in [0.717, 1.165) is 62.2 Å². The molecule has 2 aromatic carbocycles. The molecule has 0 spiro atoms. The Kier molecular flexibility index (Phi) is 9.28. The summed E-state index contributed by atoms with van der Waals surface area (Å²) < 4.78 is 27.5. The van der Waals surface area contributed by atoms with Crippen molar-refractivity contribution in [1.29, 1.82) is 0 Å². The molecule has 268 valence electrons. The van der Waals surface area contributed by atoms with E-state index < -0.39 is 10.2 Å². The average molecular weight is 722 g/mol. The lowest BCUT2D eigenvalue weighted by molar-refractivity contribution is 0.377. The Morgan fingerprint density at radius 1 is 0.731 bits per heavy atom. The molecule has 8 rings (SSSR count). The number of nitrogens with two attached hydrogens (primary N) is 2. The Morgan fingerprint density at radius 2 is 1.25 bits per heavy atom. The Hall–Kier alpha value is -5.95. The highest BCUT2D eigenvalue weighted by atomic mass is 32.2. The van der Waals surface area contributed by atoms with E-state index in [2.05, 4.69) is 62.5 Å². The highest BCUT2D eigenvalue weighted by molar-refractivity contribution is 7.86. The van der Waals surface area contributed by atoms with Crippen molar-refractivity contribution in [2.45, 2.75) is 26.9 Å². The molecule has 0 aliphatic carbocycles. The smallest absolute Gasteiger partial charge is 0.281 e. The van der Waals surface area contributed by atoms with Crippen molar-refractivity contribution in [3.63, 3.8) is 0 Å². The van der Waals surface area contributed by atoms with E-state index in [9.17, 15) is 8.42 Å². The number of rotatable bonds is 10. The molecule has 6 aromatic heterocycles. The number of anilines is 2. The fourth-order valence-corrected chi connectivity index (χ4v) is 7.02. The molecule has 0 aliphatic rings. The highest BCUT2D eigenvalue weighted by Gasteiger charge is 2.25. The van der Waals surface area contributed by atoms with Gasteiger partial charge < -0.3 is 26.8 Å². The molecule has 18 heteroatoms. The number of imidazole rings is 2. The minimum absolute atomic E-state index is 0.110. The van der Waals surface area contributed by atoms with E-state index in [4.69, 9.17) is 11.5 Å². The zero-order valence-electron chi connectivity index (χ0n) is 29.1. The molecule has 0 fully saturated rings. The second kappa shape index (κ2) is 14.0. The van der Waals surface area contributed by atoms with Gasteiger partial charge in [-0.2, -0.15) is 27.2 Å². The predicted molar refractivity (Wildman–Crippen MR) is 203 cm³/mol. The SMILES string of the molecule is CCN(Cc1nc2c([nH]1)c(N)nc1cc(-c3ccn[nH]3)ccc12)S(=O)(=O)N(C)C.CCNCc1nc2c([nH]1)c(N)nc1cc(-c3ccn[nH]3)ccc12. The maximum absolute atomic E-state index is 12.5. The second-order valence-electron chi connectivity index (χ2n) is 12.2. The first-order valence-corrected chi connectivity index (χ1v) is 18.0. The number of hydrogen-bond acceptors (Lipinski definition) is 11. The van der Waals surface area contributed by atoms with Crippen LogP contribution in [-0.2, 0) is 23.3 Å². The molecule has 0 saturated carbocycles. The zero-order chi connectivity index (χ0) is 36.6. The molecule has 0 atom stereocenters. The topological polar surface area (TPSA) is 245 Å². The van der Waals surface area contributed by atoms with Gasteiger partial charge in [0.25, 0.3) is 10.2 Å². The van der Waals surface area contributed by atoms with Gasteiger partial charge in [-0.25, -0.2) is 19.9 Å². The third-order valence-electron chi connectivity index (χ3n) is 8.64. The summed E-state index contributed by atoms with van der Waals surface area (Å²) in [7, 11) is -0.551. The van der Waals surface area contributed by atoms with Gasteiger partial charge >= 0.3 is 0 Å². The van der Waals surface area contributed by atoms with Gasteiger partial charge in [0.05, 0.1) is 35.5 Å². The number of benzene rings is 2. The van der Waals surface area contributed by atoms with Crippen LogP contribution in [0.3, 0.4) is 0 Å². The number of fused-ring (bicyclic) bond motifs is 6. The van der Waals surface area contributed by atoms with Crippen molar-refractivity contribution in [1.82, 2.24) is 64.2 Å². The van der Waals surface area contributed by atoms with Crippen LogP contribution in [0, 0.1) is 0 Å². The lowest BCUT2D eigenvalue weighted by atomic mass is 10.1. The van der Waals surface area contributed by atoms with Crippen molar-refractivity contribution in [3.8, 4) is 22.5 Å². The van der Waals surface area contributed by atoms with E-state index in [1.54, 1.807) is 19.3 Å². The van der Waals surface area contributed by atoms with Gasteiger partial charge in [0.2, 0.25) is 0 Å². The first-order valence-electron chi connectivity index (χ1n) is 16.6. The highest BCUT2D eigenvalue weighted by Crippen LogP contribution is 2.31. The Balaban J connectivity index is 0.000000166. The number of nitrogens with zero attached hydrogens (tertiary/aromatic N) is 8. The van der Waals surface area contributed by atoms with Crippen LogP contribution in [0.4, 0.5) is 11.6 Å². The fourth-order valence-electron chi connectivity index (χ4n) is 5.95. The summed E-state index contributed by atoms with van der Waals surface area (Å²) in [4.78, 5) is 24.7. The molecule has 9 N–H and O–H groups in total. The maximum Gasteiger partial charge on any atom is 0.281 e. The quantitative estimate of drug-likeness (QED) is 0.107. The van der Waals surface area contributed by atoms with Crippen molar-refractivity contribution in [2.24, 2.45) is 0 Å². The Morgan fingerprint density at radius 3 is 1.71 bits per heavy atom. The molecule has 17 nitrogen and oxygen atoms in total. The summed E-state index contributed by atoms with van der Waals surface area (Å²) in [5, 5.41) is 18.9. The van der Waals surface area contributed by atoms with Crippen molar-refractivity contribution in [3.05, 3.63) is 72.6 Å². The van der Waals surface area contributed by atoms with Gasteiger partial charge in [0.15, 0.2) is 0 Å². The van der Waals surface area contributed by atoms with Crippen molar-refractivity contribution in [2.75, 3.05) is 38.7 Å². The first-order chi connectivity index (χ1) is 25.1. The van der Waals surface area contributed by atoms with Crippen molar-refractivity contribution >= 4 is 65.7 Å². The maximum atomic E-state index is 12.5. The number of aromatic amines is 4. The lowest BCUT2D eigenvalue weighted by Gasteiger charge is -2.23. The summed E-state index contributed by atoms with van der Waals surface area (Å²) in [6.45, 7) is 5.84. The largest absolute Gasteiger partial charge is 0.382 e. The Bertz CT molecular complexity index is 2610. The van der Waals surface area contributed by atoms with E-state index in [-0.39, 0.29) is 6.54 Å². The van der Waals surface area contributed by atoms with E-state index in [1.807, 2.05) is 48.5 Å². The summed E-state index contributed by atoms with van der Waals surface area (Å²) >= 11 is 0. The fraction of sp³-hybridized carbons (Fsp3) is 0.235. The molecule has 6 heterocycles. The van der Waals surface area contributed by atoms with Crippen LogP contribution in [-0.4, -0.2) is 94.5 Å². The average Bonchev–Trinajstić information content (AvgIpc) is 3.97. The lowest BCUT2D eigenvalue weighted by Crippen LogP contribution is -2.39. The molecule has 0 unspecified atom stereocenters. The van der Waals surface area contributed by atoms with E-state index in [0.29, 0.717) is 47.1 Å². The van der Waals surface area contributed by atoms with Crippen LogP contribution in [0.2, 0.25) is 0 Å². The molecular formula is C34H39N15O2S. The van der Waals surface area contributed by atoms with Gasteiger partial charge in [-0.05, 0) is 42.9 Å². The van der Waals surface area contributed by atoms with Gasteiger partial charge in [0.1, 0.15) is 45.4 Å². The van der Waals surface area contributed by atoms with E-state index in [1.165, 1.54) is 22.7 Å². The number of nitrogens with one attached hydrogen (secondary N) is 5. The normalized spacial score (nSPS) is 12.1. The van der Waals surface area contributed by atoms with E-state index >= 15 is 0 Å². The molecular weight excluding hydrogens is 683 g/mol. The third kappa shape index (κ3) is 6.50. The molecule has 0 aliphatic heterocycles. The van der Waals surface area contributed by atoms with Crippen LogP contribution in [0.1, 0.15) is 25.5 Å². The summed E-state index contributed by atoms with van der Waals surface area (Å²) in [5.74, 6) is 2.14. The minimum atomic E-state index is -3.56. The van der Waals surface area contributed by atoms with Gasteiger partial charge in [-0.1, -0.05) is 26.0 Å². The van der Waals surface area contributed by atoms with Crippen LogP contribution in [0.15, 0.2) is 60.9 Å². The standard InChI is InChI=1S/C18H22N8O2S.C16H17N7/c1-4-26(29(27,28)25(2)3)10-15-22-16-12-6-5-11(13-7-8-20-24-13)9-14(12)21-18(19)17(16)23-15;1-2-18-8-13-21-14-10-4-3-9(11-5-6-19-23-11)7-12(10)20-16(17)15(14)22-13/h5-9H,4,10H2,1-3H3,(H2,19,21)(H,20,24)(H,22,23);3-7,18H,2,8H2,1H3,(H2,17,20)(H,19,23)(H,21,22). The van der Waals surface area contributed by atoms with Crippen LogP contribution < -0.4 is 16.8 Å². The molecule has 0 bridgehead atoms. The van der Waals surface area contributed by atoms with Crippen LogP contribution in [0.5, 0.6) is 0 Å². The molecule has 52 heavy (non-hydrogen) atoms. The van der Waals surface area contributed by atoms with Crippen molar-refractivity contribution < 1.29 is 8.42 Å². The molecule has 0 amide bonds. The number of hydrogen-bond donors (Lipinski definition) is 7. The first kappa shape index (κ1) is 34.5. The molecule has 8 aromatic rings. The minimum Gasteiger partial charge on any atom is -0.382 e. The monoisotopic (exact) mass is 721 g/mol. The summed E-state index contributed by atoms with van der Waals surface area (Å²) in [6, 6.07) is 15.7. The third-order valence-corrected chi connectivity index (χ3v) is 10.6. The number of pyridine rings is 2. The molecule has 0 saturated heterocycles. The Labute approximate surface area is 298 Å². The number of nitrogen functional groups attached to an aromatic ring is 2. The van der Waals surface area contributed by atoms with Crippen LogP contribution in [0.25, 0.3) is 66.4 Å². The number of aromatic nitrogens is 10. The number of H-pyrrole nitrogens is 4. The predicted octanol–water partition coefficient (Wildman–Crippen LogP) is 3.90. The summed E-state index contributed by atoms with van der Waals surface area (Å²) in [5.41, 5.74) is 20.5. The van der Waals surface area contributed by atoms with Gasteiger partial charge in [-0.3, -0.25) is 10.2 Å². The van der Waals surface area contributed by atoms with Gasteiger partial charge in [-0.15, -0.1) is 0 Å². The second-order valence-corrected chi connectivity index (χ2v) is 14.4. The zero-order valence-corrected chi connectivity index (χ0v) is 29.9. The van der Waals surface area contributed by atoms with Crippen LogP contribution >= 0.6 is 0 Å². The molecule has 0 radical (unpaired) electrons.